The van der Waals surface area contributed by atoms with Crippen LogP contribution in [0.3, 0.4) is 0 Å². The van der Waals surface area contributed by atoms with Crippen LogP contribution in [0.25, 0.3) is 0 Å². The van der Waals surface area contributed by atoms with Crippen molar-refractivity contribution in [2.24, 2.45) is 5.41 Å². The normalized spacial score (nSPS) is 19.1. The SMILES string of the molecule is N#CC1(C(=O)Nc2ccc3c(c2)NC(=O)CC3)CCC1. The van der Waals surface area contributed by atoms with Crippen molar-refractivity contribution in [2.45, 2.75) is 32.1 Å². The van der Waals surface area contributed by atoms with Gasteiger partial charge in [0.05, 0.1) is 6.07 Å². The molecular formula is C15H15N3O2. The van der Waals surface area contributed by atoms with E-state index in [1.807, 2.05) is 12.1 Å². The molecular weight excluding hydrogens is 254 g/mol. The van der Waals surface area contributed by atoms with Gasteiger partial charge in [0.15, 0.2) is 0 Å². The van der Waals surface area contributed by atoms with Crippen molar-refractivity contribution >= 4 is 23.2 Å². The van der Waals surface area contributed by atoms with E-state index >= 15 is 0 Å². The Morgan fingerprint density at radius 2 is 2.15 bits per heavy atom. The monoisotopic (exact) mass is 269 g/mol. The van der Waals surface area contributed by atoms with Gasteiger partial charge in [0.1, 0.15) is 5.41 Å². The van der Waals surface area contributed by atoms with Gasteiger partial charge in [0.25, 0.3) is 0 Å². The summed E-state index contributed by atoms with van der Waals surface area (Å²) in [6.45, 7) is 0. The van der Waals surface area contributed by atoms with Crippen molar-refractivity contribution in [2.75, 3.05) is 10.6 Å². The van der Waals surface area contributed by atoms with Gasteiger partial charge in [0.2, 0.25) is 11.8 Å². The Kier molecular flexibility index (Phi) is 2.94. The van der Waals surface area contributed by atoms with Crippen molar-refractivity contribution in [3.05, 3.63) is 23.8 Å². The second kappa shape index (κ2) is 4.64. The minimum Gasteiger partial charge on any atom is -0.326 e. The van der Waals surface area contributed by atoms with E-state index in [9.17, 15) is 9.59 Å². The van der Waals surface area contributed by atoms with Crippen LogP contribution in [0.2, 0.25) is 0 Å². The number of benzene rings is 1. The van der Waals surface area contributed by atoms with Crippen molar-refractivity contribution < 1.29 is 9.59 Å². The lowest BCUT2D eigenvalue weighted by atomic mass is 9.69. The van der Waals surface area contributed by atoms with Gasteiger partial charge >= 0.3 is 0 Å². The number of hydrogen-bond donors (Lipinski definition) is 2. The van der Waals surface area contributed by atoms with E-state index in [1.165, 1.54) is 0 Å². The molecule has 1 aliphatic carbocycles. The summed E-state index contributed by atoms with van der Waals surface area (Å²) < 4.78 is 0. The van der Waals surface area contributed by atoms with Gasteiger partial charge in [-0.1, -0.05) is 6.07 Å². The first-order chi connectivity index (χ1) is 9.63. The second-order valence-electron chi connectivity index (χ2n) is 5.42. The number of hydrogen-bond acceptors (Lipinski definition) is 3. The zero-order valence-electron chi connectivity index (χ0n) is 11.0. The Bertz CT molecular complexity index is 626. The zero-order chi connectivity index (χ0) is 14.2. The van der Waals surface area contributed by atoms with Crippen molar-refractivity contribution in [1.29, 1.82) is 5.26 Å². The lowest BCUT2D eigenvalue weighted by Crippen LogP contribution is -2.40. The highest BCUT2D eigenvalue weighted by Gasteiger charge is 2.44. The average molecular weight is 269 g/mol. The molecule has 2 aliphatic rings. The lowest BCUT2D eigenvalue weighted by Gasteiger charge is -2.33. The van der Waals surface area contributed by atoms with Gasteiger partial charge in [-0.05, 0) is 43.4 Å². The van der Waals surface area contributed by atoms with Gasteiger partial charge < -0.3 is 10.6 Å². The number of amides is 2. The molecule has 20 heavy (non-hydrogen) atoms. The van der Waals surface area contributed by atoms with Crippen LogP contribution in [0, 0.1) is 16.7 Å². The quantitative estimate of drug-likeness (QED) is 0.863. The van der Waals surface area contributed by atoms with Crippen LogP contribution in [-0.2, 0) is 16.0 Å². The minimum atomic E-state index is -0.862. The van der Waals surface area contributed by atoms with Gasteiger partial charge in [-0.15, -0.1) is 0 Å². The second-order valence-corrected chi connectivity index (χ2v) is 5.42. The Morgan fingerprint density at radius 1 is 1.35 bits per heavy atom. The summed E-state index contributed by atoms with van der Waals surface area (Å²) in [5.74, 6) is -0.248. The molecule has 1 fully saturated rings. The maximum Gasteiger partial charge on any atom is 0.244 e. The third-order valence-electron chi connectivity index (χ3n) is 4.12. The van der Waals surface area contributed by atoms with E-state index in [4.69, 9.17) is 5.26 Å². The molecule has 1 heterocycles. The molecule has 2 N–H and O–H groups in total. The van der Waals surface area contributed by atoms with Crippen LogP contribution in [-0.4, -0.2) is 11.8 Å². The lowest BCUT2D eigenvalue weighted by molar-refractivity contribution is -0.126. The molecule has 5 heteroatoms. The van der Waals surface area contributed by atoms with Crippen LogP contribution in [0.5, 0.6) is 0 Å². The molecule has 3 rings (SSSR count). The van der Waals surface area contributed by atoms with Gasteiger partial charge in [-0.25, -0.2) is 0 Å². The molecule has 1 aromatic carbocycles. The maximum absolute atomic E-state index is 12.2. The summed E-state index contributed by atoms with van der Waals surface area (Å²) in [4.78, 5) is 23.5. The molecule has 1 aliphatic heterocycles. The van der Waals surface area contributed by atoms with Crippen LogP contribution >= 0.6 is 0 Å². The van der Waals surface area contributed by atoms with E-state index < -0.39 is 5.41 Å². The van der Waals surface area contributed by atoms with Gasteiger partial charge in [-0.2, -0.15) is 5.26 Å². The number of anilines is 2. The molecule has 0 unspecified atom stereocenters. The van der Waals surface area contributed by atoms with Crippen LogP contribution in [0.15, 0.2) is 18.2 Å². The van der Waals surface area contributed by atoms with Crippen LogP contribution in [0.4, 0.5) is 11.4 Å². The summed E-state index contributed by atoms with van der Waals surface area (Å²) in [7, 11) is 0. The third kappa shape index (κ3) is 2.03. The predicted octanol–water partition coefficient (Wildman–Crippen LogP) is 2.20. The molecule has 1 saturated carbocycles. The fraction of sp³-hybridized carbons (Fsp3) is 0.400. The molecule has 102 valence electrons. The minimum absolute atomic E-state index is 0.00605. The van der Waals surface area contributed by atoms with Crippen LogP contribution in [0.1, 0.15) is 31.2 Å². The molecule has 5 nitrogen and oxygen atoms in total. The smallest absolute Gasteiger partial charge is 0.244 e. The summed E-state index contributed by atoms with van der Waals surface area (Å²) >= 11 is 0. The topological polar surface area (TPSA) is 82.0 Å². The molecule has 0 aromatic heterocycles. The zero-order valence-corrected chi connectivity index (χ0v) is 11.0. The maximum atomic E-state index is 12.2. The van der Waals surface area contributed by atoms with Crippen molar-refractivity contribution in [1.82, 2.24) is 0 Å². The van der Waals surface area contributed by atoms with Gasteiger partial charge in [0, 0.05) is 17.8 Å². The number of nitriles is 1. The molecule has 2 amide bonds. The summed E-state index contributed by atoms with van der Waals surface area (Å²) in [6.07, 6.45) is 3.38. The average Bonchev–Trinajstić information content (AvgIpc) is 2.37. The summed E-state index contributed by atoms with van der Waals surface area (Å²) in [5.41, 5.74) is 1.58. The Morgan fingerprint density at radius 3 is 2.80 bits per heavy atom. The first-order valence-electron chi connectivity index (χ1n) is 6.78. The fourth-order valence-electron chi connectivity index (χ4n) is 2.62. The Balaban J connectivity index is 1.79. The van der Waals surface area contributed by atoms with Gasteiger partial charge in [-0.3, -0.25) is 9.59 Å². The first-order valence-corrected chi connectivity index (χ1v) is 6.78. The number of nitrogens with zero attached hydrogens (tertiary/aromatic N) is 1. The Hall–Kier alpha value is -2.35. The number of fused-ring (bicyclic) bond motifs is 1. The predicted molar refractivity (Wildman–Crippen MR) is 73.9 cm³/mol. The number of nitrogens with one attached hydrogen (secondary N) is 2. The van der Waals surface area contributed by atoms with E-state index in [0.717, 1.165) is 24.1 Å². The Labute approximate surface area is 117 Å². The fourth-order valence-corrected chi connectivity index (χ4v) is 2.62. The molecule has 0 saturated heterocycles. The highest BCUT2D eigenvalue weighted by Crippen LogP contribution is 2.41. The molecule has 1 aromatic rings. The number of rotatable bonds is 2. The highest BCUT2D eigenvalue weighted by molar-refractivity contribution is 5.99. The molecule has 0 bridgehead atoms. The number of carbonyl (C=O) groups excluding carboxylic acids is 2. The van der Waals surface area contributed by atoms with E-state index in [2.05, 4.69) is 16.7 Å². The molecule has 0 spiro atoms. The van der Waals surface area contributed by atoms with Crippen molar-refractivity contribution in [3.63, 3.8) is 0 Å². The highest BCUT2D eigenvalue weighted by atomic mass is 16.2. The van der Waals surface area contributed by atoms with E-state index in [-0.39, 0.29) is 11.8 Å². The molecule has 0 atom stereocenters. The van der Waals surface area contributed by atoms with E-state index in [0.29, 0.717) is 24.9 Å². The number of carbonyl (C=O) groups is 2. The summed E-state index contributed by atoms with van der Waals surface area (Å²) in [6, 6.07) is 7.60. The summed E-state index contributed by atoms with van der Waals surface area (Å²) in [5, 5.41) is 14.7. The third-order valence-corrected chi connectivity index (χ3v) is 4.12. The largest absolute Gasteiger partial charge is 0.326 e. The van der Waals surface area contributed by atoms with Crippen LogP contribution < -0.4 is 10.6 Å². The number of aryl methyl sites for hydroxylation is 1. The first kappa shape index (κ1) is 12.7. The molecule has 0 radical (unpaired) electrons. The van der Waals surface area contributed by atoms with E-state index in [1.54, 1.807) is 6.07 Å². The van der Waals surface area contributed by atoms with Crippen molar-refractivity contribution in [3.8, 4) is 6.07 Å². The standard InChI is InChI=1S/C15H15N3O2/c16-9-15(6-1-7-15)14(20)17-11-4-2-10-3-5-13(19)18-12(10)8-11/h2,4,8H,1,3,5-7H2,(H,17,20)(H,18,19).